The Kier molecular flexibility index (Phi) is 12.8. The van der Waals surface area contributed by atoms with Crippen molar-refractivity contribution in [1.29, 1.82) is 0 Å². The zero-order valence-corrected chi connectivity index (χ0v) is 18.2. The fourth-order valence-corrected chi connectivity index (χ4v) is 2.67. The van der Waals surface area contributed by atoms with Gasteiger partial charge < -0.3 is 20.7 Å². The normalized spacial score (nSPS) is 12.8. The second-order valence-electron chi connectivity index (χ2n) is 5.45. The summed E-state index contributed by atoms with van der Waals surface area (Å²) in [6.07, 6.45) is 0.943. The summed E-state index contributed by atoms with van der Waals surface area (Å²) in [5, 5.41) is 4.38. The maximum absolute atomic E-state index is 6.19. The minimum atomic E-state index is -0.0344. The first-order valence-corrected chi connectivity index (χ1v) is 8.38. The zero-order chi connectivity index (χ0) is 17.2. The molecule has 24 heavy (non-hydrogen) atoms. The average Bonchev–Trinajstić information content (AvgIpc) is 2.49. The first-order valence-electron chi connectivity index (χ1n) is 7.63. The van der Waals surface area contributed by atoms with Gasteiger partial charge in [-0.1, -0.05) is 29.3 Å². The molecule has 0 amide bonds. The smallest absolute Gasteiger partial charge is 0.189 e. The van der Waals surface area contributed by atoms with Crippen LogP contribution in [-0.4, -0.2) is 51.3 Å². The number of hydrogen-bond donors (Lipinski definition) is 2. The van der Waals surface area contributed by atoms with E-state index < -0.39 is 0 Å². The van der Waals surface area contributed by atoms with E-state index in [9.17, 15) is 0 Å². The van der Waals surface area contributed by atoms with Crippen LogP contribution >= 0.6 is 47.2 Å². The first kappa shape index (κ1) is 23.7. The van der Waals surface area contributed by atoms with E-state index in [4.69, 9.17) is 33.7 Å². The van der Waals surface area contributed by atoms with E-state index in [1.165, 1.54) is 0 Å². The molecule has 3 N–H and O–H groups in total. The van der Waals surface area contributed by atoms with E-state index in [1.54, 1.807) is 13.2 Å². The van der Waals surface area contributed by atoms with Gasteiger partial charge in [0.15, 0.2) is 5.96 Å². The average molecular weight is 489 g/mol. The molecule has 0 heterocycles. The molecule has 0 aliphatic heterocycles. The molecular weight excluding hydrogens is 462 g/mol. The molecule has 138 valence electrons. The van der Waals surface area contributed by atoms with Crippen LogP contribution in [0.25, 0.3) is 0 Å². The quantitative estimate of drug-likeness (QED) is 0.241. The number of nitrogens with two attached hydrogens (primary N) is 1. The Labute approximate surface area is 171 Å². The Hall–Kier alpha value is -0.280. The molecule has 0 radical (unpaired) electrons. The molecule has 5 nitrogen and oxygen atoms in total. The highest BCUT2D eigenvalue weighted by atomic mass is 127. The van der Waals surface area contributed by atoms with Crippen LogP contribution in [0.1, 0.15) is 24.9 Å². The Morgan fingerprint density at radius 2 is 2.08 bits per heavy atom. The molecule has 1 atom stereocenters. The van der Waals surface area contributed by atoms with Gasteiger partial charge in [0.05, 0.1) is 12.6 Å². The molecule has 0 aromatic heterocycles. The summed E-state index contributed by atoms with van der Waals surface area (Å²) in [6.45, 7) is 5.27. The van der Waals surface area contributed by atoms with Crippen molar-refractivity contribution >= 4 is 53.1 Å². The van der Waals surface area contributed by atoms with E-state index in [-0.39, 0.29) is 30.0 Å². The standard InChI is InChI=1S/C16H26Cl2N4O.HI/c1-12(14-6-5-13(17)11-15(14)18)21-16(19)20-7-4-8-22(2)9-10-23-3;/h5-6,11-12H,4,7-10H2,1-3H3,(H3,19,20,21);1H. The topological polar surface area (TPSA) is 62.9 Å². The van der Waals surface area contributed by atoms with Crippen molar-refractivity contribution in [3.05, 3.63) is 33.8 Å². The van der Waals surface area contributed by atoms with Crippen LogP contribution in [0.15, 0.2) is 23.2 Å². The van der Waals surface area contributed by atoms with Gasteiger partial charge in [0.25, 0.3) is 0 Å². The van der Waals surface area contributed by atoms with E-state index in [2.05, 4.69) is 22.3 Å². The summed E-state index contributed by atoms with van der Waals surface area (Å²) >= 11 is 12.1. The molecule has 0 aliphatic rings. The lowest BCUT2D eigenvalue weighted by Gasteiger charge is -2.17. The van der Waals surface area contributed by atoms with Crippen LogP contribution in [0.5, 0.6) is 0 Å². The van der Waals surface area contributed by atoms with Gasteiger partial charge in [0.2, 0.25) is 0 Å². The maximum atomic E-state index is 6.19. The highest BCUT2D eigenvalue weighted by Gasteiger charge is 2.10. The van der Waals surface area contributed by atoms with Crippen molar-refractivity contribution in [2.45, 2.75) is 19.4 Å². The minimum Gasteiger partial charge on any atom is -0.383 e. The number of nitrogens with one attached hydrogen (secondary N) is 1. The Bertz CT molecular complexity index is 517. The van der Waals surface area contributed by atoms with Crippen LogP contribution in [0.4, 0.5) is 0 Å². The van der Waals surface area contributed by atoms with Crippen molar-refractivity contribution < 1.29 is 4.74 Å². The number of hydrogen-bond acceptors (Lipinski definition) is 3. The Morgan fingerprint density at radius 1 is 1.38 bits per heavy atom. The highest BCUT2D eigenvalue weighted by Crippen LogP contribution is 2.25. The fourth-order valence-electron chi connectivity index (χ4n) is 2.10. The zero-order valence-electron chi connectivity index (χ0n) is 14.4. The molecular formula is C16H27Cl2IN4O. The van der Waals surface area contributed by atoms with Crippen molar-refractivity contribution in [1.82, 2.24) is 10.2 Å². The van der Waals surface area contributed by atoms with Gasteiger partial charge in [-0.25, -0.2) is 0 Å². The molecule has 0 saturated heterocycles. The first-order chi connectivity index (χ1) is 10.9. The summed E-state index contributed by atoms with van der Waals surface area (Å²) in [5.74, 6) is 0.420. The van der Waals surface area contributed by atoms with Gasteiger partial charge in [-0.05, 0) is 44.6 Å². The van der Waals surface area contributed by atoms with Crippen molar-refractivity contribution in [2.24, 2.45) is 10.7 Å². The Balaban J connectivity index is 0.00000529. The molecule has 0 spiro atoms. The molecule has 0 fully saturated rings. The number of likely N-dealkylation sites (N-methyl/N-ethyl adjacent to an activating group) is 1. The number of benzene rings is 1. The lowest BCUT2D eigenvalue weighted by molar-refractivity contribution is 0.161. The summed E-state index contributed by atoms with van der Waals surface area (Å²) < 4.78 is 5.04. The molecule has 1 unspecified atom stereocenters. The summed E-state index contributed by atoms with van der Waals surface area (Å²) in [5.41, 5.74) is 6.86. The number of nitrogens with zero attached hydrogens (tertiary/aromatic N) is 2. The number of rotatable bonds is 9. The van der Waals surface area contributed by atoms with Gasteiger partial charge in [0, 0.05) is 30.2 Å². The maximum Gasteiger partial charge on any atom is 0.189 e. The van der Waals surface area contributed by atoms with Crippen molar-refractivity contribution in [3.63, 3.8) is 0 Å². The van der Waals surface area contributed by atoms with E-state index in [1.807, 2.05) is 19.1 Å². The van der Waals surface area contributed by atoms with Crippen LogP contribution in [0.2, 0.25) is 10.0 Å². The van der Waals surface area contributed by atoms with Crippen LogP contribution in [0.3, 0.4) is 0 Å². The van der Waals surface area contributed by atoms with Crippen LogP contribution in [-0.2, 0) is 4.74 Å². The molecule has 0 saturated carbocycles. The summed E-state index contributed by atoms with van der Waals surface area (Å²) in [4.78, 5) is 6.55. The van der Waals surface area contributed by atoms with Crippen LogP contribution in [0, 0.1) is 0 Å². The second-order valence-corrected chi connectivity index (χ2v) is 6.29. The van der Waals surface area contributed by atoms with E-state index in [0.29, 0.717) is 22.5 Å². The number of guanidine groups is 1. The number of ether oxygens (including phenoxy) is 1. The van der Waals surface area contributed by atoms with Crippen LogP contribution < -0.4 is 11.1 Å². The third kappa shape index (κ3) is 9.27. The Morgan fingerprint density at radius 3 is 2.71 bits per heavy atom. The fraction of sp³-hybridized carbons (Fsp3) is 0.562. The molecule has 1 rings (SSSR count). The monoisotopic (exact) mass is 488 g/mol. The second kappa shape index (κ2) is 13.0. The van der Waals surface area contributed by atoms with Gasteiger partial charge in [0.1, 0.15) is 0 Å². The van der Waals surface area contributed by atoms with Gasteiger partial charge in [-0.3, -0.25) is 4.99 Å². The van der Waals surface area contributed by atoms with Gasteiger partial charge >= 0.3 is 0 Å². The molecule has 1 aromatic rings. The van der Waals surface area contributed by atoms with Gasteiger partial charge in [-0.15, -0.1) is 24.0 Å². The SMILES string of the molecule is COCCN(C)CCCN=C(N)NC(C)c1ccc(Cl)cc1Cl.I. The lowest BCUT2D eigenvalue weighted by Crippen LogP contribution is -2.34. The van der Waals surface area contributed by atoms with E-state index in [0.717, 1.165) is 31.7 Å². The predicted octanol–water partition coefficient (Wildman–Crippen LogP) is 3.55. The van der Waals surface area contributed by atoms with Crippen molar-refractivity contribution in [3.8, 4) is 0 Å². The minimum absolute atomic E-state index is 0. The predicted molar refractivity (Wildman–Crippen MR) is 114 cm³/mol. The molecule has 0 bridgehead atoms. The third-order valence-corrected chi connectivity index (χ3v) is 4.01. The number of aliphatic imine (C=N–C) groups is 1. The number of methoxy groups -OCH3 is 1. The molecule has 1 aromatic carbocycles. The summed E-state index contributed by atoms with van der Waals surface area (Å²) in [6, 6.07) is 5.39. The van der Waals surface area contributed by atoms with E-state index >= 15 is 0 Å². The van der Waals surface area contributed by atoms with Gasteiger partial charge in [-0.2, -0.15) is 0 Å². The largest absolute Gasteiger partial charge is 0.383 e. The molecule has 8 heteroatoms. The molecule has 0 aliphatic carbocycles. The summed E-state index contributed by atoms with van der Waals surface area (Å²) in [7, 11) is 3.77. The number of halogens is 3. The third-order valence-electron chi connectivity index (χ3n) is 3.45. The van der Waals surface area contributed by atoms with Crippen molar-refractivity contribution in [2.75, 3.05) is 40.4 Å². The highest BCUT2D eigenvalue weighted by molar-refractivity contribution is 14.0. The lowest BCUT2D eigenvalue weighted by atomic mass is 10.1.